The standard InChI is InChI=1S/C11H21N5/c1-4-5-6-9-8(2)7-10(16(9)3)11-12-14-15-13-11/h8-10H,4-7H2,1-3H3,(H,12,13,14,15). The highest BCUT2D eigenvalue weighted by atomic mass is 15.5. The lowest BCUT2D eigenvalue weighted by Gasteiger charge is -2.25. The van der Waals surface area contributed by atoms with E-state index in [1.165, 1.54) is 19.3 Å². The van der Waals surface area contributed by atoms with Crippen molar-refractivity contribution in [1.29, 1.82) is 0 Å². The minimum absolute atomic E-state index is 0.343. The summed E-state index contributed by atoms with van der Waals surface area (Å²) in [4.78, 5) is 2.42. The van der Waals surface area contributed by atoms with Gasteiger partial charge in [0.2, 0.25) is 0 Å². The zero-order valence-electron chi connectivity index (χ0n) is 10.3. The van der Waals surface area contributed by atoms with Crippen molar-refractivity contribution in [1.82, 2.24) is 25.5 Å². The minimum atomic E-state index is 0.343. The molecule has 3 atom stereocenters. The van der Waals surface area contributed by atoms with Crippen molar-refractivity contribution < 1.29 is 0 Å². The van der Waals surface area contributed by atoms with Gasteiger partial charge in [0.1, 0.15) is 0 Å². The summed E-state index contributed by atoms with van der Waals surface area (Å²) in [5.41, 5.74) is 0. The first kappa shape index (κ1) is 11.5. The van der Waals surface area contributed by atoms with E-state index in [4.69, 9.17) is 0 Å². The molecule has 5 heteroatoms. The second-order valence-electron chi connectivity index (χ2n) is 4.87. The molecule has 0 aromatic carbocycles. The van der Waals surface area contributed by atoms with Crippen LogP contribution in [0.3, 0.4) is 0 Å². The quantitative estimate of drug-likeness (QED) is 0.845. The molecule has 5 nitrogen and oxygen atoms in total. The van der Waals surface area contributed by atoms with E-state index in [1.54, 1.807) is 0 Å². The maximum atomic E-state index is 4.11. The monoisotopic (exact) mass is 223 g/mol. The molecule has 2 heterocycles. The van der Waals surface area contributed by atoms with E-state index in [0.717, 1.165) is 18.2 Å². The fourth-order valence-electron chi connectivity index (χ4n) is 2.81. The van der Waals surface area contributed by atoms with Gasteiger partial charge in [0.05, 0.1) is 6.04 Å². The molecular formula is C11H21N5. The number of unbranched alkanes of at least 4 members (excludes halogenated alkanes) is 1. The van der Waals surface area contributed by atoms with Gasteiger partial charge in [0.15, 0.2) is 5.82 Å². The van der Waals surface area contributed by atoms with E-state index in [1.807, 2.05) is 0 Å². The van der Waals surface area contributed by atoms with Crippen molar-refractivity contribution in [2.24, 2.45) is 5.92 Å². The van der Waals surface area contributed by atoms with Crippen molar-refractivity contribution in [3.05, 3.63) is 5.82 Å². The number of tetrazole rings is 1. The molecule has 0 amide bonds. The van der Waals surface area contributed by atoms with Gasteiger partial charge in [-0.2, -0.15) is 5.21 Å². The Labute approximate surface area is 96.6 Å². The maximum absolute atomic E-state index is 4.11. The van der Waals surface area contributed by atoms with Gasteiger partial charge in [-0.25, -0.2) is 0 Å². The molecule has 0 radical (unpaired) electrons. The average molecular weight is 223 g/mol. The van der Waals surface area contributed by atoms with Crippen LogP contribution in [0.1, 0.15) is 51.4 Å². The van der Waals surface area contributed by atoms with Crippen LogP contribution in [0.15, 0.2) is 0 Å². The molecule has 16 heavy (non-hydrogen) atoms. The Hall–Kier alpha value is -0.970. The summed E-state index contributed by atoms with van der Waals surface area (Å²) < 4.78 is 0. The largest absolute Gasteiger partial charge is 0.293 e. The number of nitrogens with zero attached hydrogens (tertiary/aromatic N) is 4. The Kier molecular flexibility index (Phi) is 3.53. The Morgan fingerprint density at radius 3 is 2.94 bits per heavy atom. The van der Waals surface area contributed by atoms with E-state index in [9.17, 15) is 0 Å². The second-order valence-corrected chi connectivity index (χ2v) is 4.87. The predicted molar refractivity (Wildman–Crippen MR) is 61.8 cm³/mol. The molecule has 0 spiro atoms. The molecular weight excluding hydrogens is 202 g/mol. The molecule has 1 aliphatic heterocycles. The van der Waals surface area contributed by atoms with Gasteiger partial charge in [-0.3, -0.25) is 4.90 Å². The van der Waals surface area contributed by atoms with Crippen LogP contribution in [0.2, 0.25) is 0 Å². The van der Waals surface area contributed by atoms with Gasteiger partial charge >= 0.3 is 0 Å². The van der Waals surface area contributed by atoms with Crippen molar-refractivity contribution in [2.45, 2.75) is 51.6 Å². The Morgan fingerprint density at radius 1 is 1.50 bits per heavy atom. The highest BCUT2D eigenvalue weighted by molar-refractivity contribution is 4.99. The van der Waals surface area contributed by atoms with Crippen molar-refractivity contribution in [3.63, 3.8) is 0 Å². The SMILES string of the molecule is CCCCC1C(C)CC(c2nn[nH]n2)N1C. The van der Waals surface area contributed by atoms with Crippen molar-refractivity contribution in [3.8, 4) is 0 Å². The van der Waals surface area contributed by atoms with Gasteiger partial charge in [0, 0.05) is 6.04 Å². The summed E-state index contributed by atoms with van der Waals surface area (Å²) in [6.45, 7) is 4.58. The number of aromatic amines is 1. The summed E-state index contributed by atoms with van der Waals surface area (Å²) in [6.07, 6.45) is 5.00. The second kappa shape index (κ2) is 4.91. The lowest BCUT2D eigenvalue weighted by molar-refractivity contribution is 0.209. The summed E-state index contributed by atoms with van der Waals surface area (Å²) in [7, 11) is 2.19. The number of hydrogen-bond donors (Lipinski definition) is 1. The highest BCUT2D eigenvalue weighted by Crippen LogP contribution is 2.38. The first-order valence-corrected chi connectivity index (χ1v) is 6.19. The van der Waals surface area contributed by atoms with Crippen LogP contribution in [-0.2, 0) is 0 Å². The van der Waals surface area contributed by atoms with Gasteiger partial charge in [-0.1, -0.05) is 31.9 Å². The summed E-state index contributed by atoms with van der Waals surface area (Å²) in [6, 6.07) is 1.01. The average Bonchev–Trinajstić information content (AvgIpc) is 2.86. The lowest BCUT2D eigenvalue weighted by atomic mass is 9.97. The van der Waals surface area contributed by atoms with Crippen LogP contribution in [0.25, 0.3) is 0 Å². The van der Waals surface area contributed by atoms with Crippen LogP contribution in [0, 0.1) is 5.92 Å². The normalized spacial score (nSPS) is 31.1. The van der Waals surface area contributed by atoms with Crippen LogP contribution in [-0.4, -0.2) is 38.6 Å². The van der Waals surface area contributed by atoms with Gasteiger partial charge < -0.3 is 0 Å². The number of nitrogens with one attached hydrogen (secondary N) is 1. The maximum Gasteiger partial charge on any atom is 0.191 e. The Bertz CT molecular complexity index is 310. The third kappa shape index (κ3) is 2.09. The predicted octanol–water partition coefficient (Wildman–Crippen LogP) is 1.77. The molecule has 0 saturated carbocycles. The summed E-state index contributed by atoms with van der Waals surface area (Å²) in [5.74, 6) is 1.56. The smallest absolute Gasteiger partial charge is 0.191 e. The molecule has 1 aromatic heterocycles. The fraction of sp³-hybridized carbons (Fsp3) is 0.909. The van der Waals surface area contributed by atoms with Gasteiger partial charge in [-0.15, -0.1) is 10.2 Å². The van der Waals surface area contributed by atoms with E-state index in [0.29, 0.717) is 12.1 Å². The molecule has 3 unspecified atom stereocenters. The first-order chi connectivity index (χ1) is 7.74. The van der Waals surface area contributed by atoms with E-state index in [-0.39, 0.29) is 0 Å². The fourth-order valence-corrected chi connectivity index (χ4v) is 2.81. The first-order valence-electron chi connectivity index (χ1n) is 6.19. The number of aromatic nitrogens is 4. The molecule has 1 N–H and O–H groups in total. The Morgan fingerprint density at radius 2 is 2.31 bits per heavy atom. The van der Waals surface area contributed by atoms with Crippen molar-refractivity contribution >= 4 is 0 Å². The molecule has 0 aliphatic carbocycles. The van der Waals surface area contributed by atoms with Crippen LogP contribution in [0.4, 0.5) is 0 Å². The summed E-state index contributed by atoms with van der Waals surface area (Å²) >= 11 is 0. The number of likely N-dealkylation sites (tertiary alicyclic amines) is 1. The number of rotatable bonds is 4. The van der Waals surface area contributed by atoms with Crippen LogP contribution >= 0.6 is 0 Å². The summed E-state index contributed by atoms with van der Waals surface area (Å²) in [5, 5.41) is 14.4. The number of hydrogen-bond acceptors (Lipinski definition) is 4. The molecule has 90 valence electrons. The third-order valence-electron chi connectivity index (χ3n) is 3.78. The van der Waals surface area contributed by atoms with Crippen LogP contribution < -0.4 is 0 Å². The highest BCUT2D eigenvalue weighted by Gasteiger charge is 2.38. The van der Waals surface area contributed by atoms with E-state index >= 15 is 0 Å². The zero-order chi connectivity index (χ0) is 11.5. The zero-order valence-corrected chi connectivity index (χ0v) is 10.3. The Balaban J connectivity index is 2.04. The molecule has 2 rings (SSSR count). The third-order valence-corrected chi connectivity index (χ3v) is 3.78. The molecule has 1 fully saturated rings. The molecule has 1 aromatic rings. The topological polar surface area (TPSA) is 57.7 Å². The van der Waals surface area contributed by atoms with Gasteiger partial charge in [-0.05, 0) is 25.8 Å². The molecule has 1 aliphatic rings. The van der Waals surface area contributed by atoms with Gasteiger partial charge in [0.25, 0.3) is 0 Å². The van der Waals surface area contributed by atoms with Crippen LogP contribution in [0.5, 0.6) is 0 Å². The van der Waals surface area contributed by atoms with E-state index in [2.05, 4.69) is 46.4 Å². The molecule has 0 bridgehead atoms. The van der Waals surface area contributed by atoms with Crippen molar-refractivity contribution in [2.75, 3.05) is 7.05 Å². The minimum Gasteiger partial charge on any atom is -0.293 e. The lowest BCUT2D eigenvalue weighted by Crippen LogP contribution is -2.30. The number of H-pyrrole nitrogens is 1. The molecule has 1 saturated heterocycles. The van der Waals surface area contributed by atoms with E-state index < -0.39 is 0 Å².